The van der Waals surface area contributed by atoms with Crippen molar-refractivity contribution in [2.45, 2.75) is 95.9 Å². The SMILES string of the molecule is CC(C)O[C@H](NC(=O)[C@H](Cc1ccccc1)NC(=O)OCc1ccccc1)C(=O)NC(CC1CCCCC1)[C@@H](O)c1ccco1. The second kappa shape index (κ2) is 17.4. The summed E-state index contributed by atoms with van der Waals surface area (Å²) < 4.78 is 16.7. The summed E-state index contributed by atoms with van der Waals surface area (Å²) in [5, 5.41) is 19.4. The number of hydrogen-bond donors (Lipinski definition) is 4. The molecule has 0 radical (unpaired) electrons. The molecule has 1 unspecified atom stereocenters. The van der Waals surface area contributed by atoms with E-state index in [-0.39, 0.29) is 13.0 Å². The highest BCUT2D eigenvalue weighted by Gasteiger charge is 2.33. The Morgan fingerprint density at radius 3 is 2.13 bits per heavy atom. The first kappa shape index (κ1) is 33.7. The van der Waals surface area contributed by atoms with Crippen molar-refractivity contribution in [1.82, 2.24) is 16.0 Å². The fourth-order valence-electron chi connectivity index (χ4n) is 5.59. The van der Waals surface area contributed by atoms with Gasteiger partial charge in [0.15, 0.2) is 0 Å². The summed E-state index contributed by atoms with van der Waals surface area (Å²) in [6.07, 6.45) is 4.01. The molecule has 1 fully saturated rings. The Kier molecular flexibility index (Phi) is 13.0. The molecule has 1 aromatic heterocycles. The monoisotopic (exact) mass is 619 g/mol. The summed E-state index contributed by atoms with van der Waals surface area (Å²) in [5.41, 5.74) is 1.61. The van der Waals surface area contributed by atoms with Crippen LogP contribution >= 0.6 is 0 Å². The van der Waals surface area contributed by atoms with Crippen molar-refractivity contribution in [3.05, 3.63) is 95.9 Å². The Morgan fingerprint density at radius 2 is 1.51 bits per heavy atom. The molecule has 0 bridgehead atoms. The highest BCUT2D eigenvalue weighted by atomic mass is 16.5. The van der Waals surface area contributed by atoms with E-state index in [9.17, 15) is 19.5 Å². The summed E-state index contributed by atoms with van der Waals surface area (Å²) in [6.45, 7) is 3.54. The summed E-state index contributed by atoms with van der Waals surface area (Å²) in [4.78, 5) is 40.1. The molecule has 1 aliphatic rings. The molecule has 4 atom stereocenters. The topological polar surface area (TPSA) is 139 Å². The van der Waals surface area contributed by atoms with Crippen LogP contribution in [0.1, 0.15) is 75.4 Å². The van der Waals surface area contributed by atoms with Gasteiger partial charge in [-0.25, -0.2) is 4.79 Å². The number of carbonyl (C=O) groups is 3. The van der Waals surface area contributed by atoms with Crippen LogP contribution in [0.3, 0.4) is 0 Å². The molecule has 2 aromatic carbocycles. The second-order valence-electron chi connectivity index (χ2n) is 11.8. The van der Waals surface area contributed by atoms with Crippen LogP contribution < -0.4 is 16.0 Å². The van der Waals surface area contributed by atoms with Crippen LogP contribution in [0, 0.1) is 5.92 Å². The molecule has 0 aliphatic heterocycles. The first-order valence-electron chi connectivity index (χ1n) is 15.8. The van der Waals surface area contributed by atoms with Crippen molar-refractivity contribution in [1.29, 1.82) is 0 Å². The van der Waals surface area contributed by atoms with Gasteiger partial charge in [0.1, 0.15) is 24.5 Å². The smallest absolute Gasteiger partial charge is 0.408 e. The van der Waals surface area contributed by atoms with E-state index in [1.54, 1.807) is 26.0 Å². The lowest BCUT2D eigenvalue weighted by atomic mass is 9.83. The highest BCUT2D eigenvalue weighted by Crippen LogP contribution is 2.31. The highest BCUT2D eigenvalue weighted by molar-refractivity contribution is 5.91. The lowest BCUT2D eigenvalue weighted by Gasteiger charge is -2.31. The molecule has 1 saturated carbocycles. The molecule has 1 heterocycles. The number of furan rings is 1. The number of benzene rings is 2. The average Bonchev–Trinajstić information content (AvgIpc) is 3.59. The van der Waals surface area contributed by atoms with Gasteiger partial charge >= 0.3 is 6.09 Å². The summed E-state index contributed by atoms with van der Waals surface area (Å²) in [7, 11) is 0. The van der Waals surface area contributed by atoms with E-state index in [2.05, 4.69) is 16.0 Å². The number of nitrogens with one attached hydrogen (secondary N) is 3. The minimum Gasteiger partial charge on any atom is -0.467 e. The van der Waals surface area contributed by atoms with E-state index in [1.807, 2.05) is 60.7 Å². The van der Waals surface area contributed by atoms with Crippen molar-refractivity contribution in [2.24, 2.45) is 5.92 Å². The molecule has 0 spiro atoms. The molecule has 10 heteroatoms. The number of alkyl carbamates (subject to hydrolysis) is 1. The van der Waals surface area contributed by atoms with Gasteiger partial charge in [-0.15, -0.1) is 0 Å². The Labute approximate surface area is 264 Å². The van der Waals surface area contributed by atoms with Gasteiger partial charge < -0.3 is 34.9 Å². The maximum atomic E-state index is 13.7. The predicted octanol–water partition coefficient (Wildman–Crippen LogP) is 5.17. The fraction of sp³-hybridized carbons (Fsp3) is 0.457. The molecule has 45 heavy (non-hydrogen) atoms. The predicted molar refractivity (Wildman–Crippen MR) is 169 cm³/mol. The van der Waals surface area contributed by atoms with E-state index in [1.165, 1.54) is 12.7 Å². The van der Waals surface area contributed by atoms with Gasteiger partial charge in [0.25, 0.3) is 5.91 Å². The molecular weight excluding hydrogens is 574 g/mol. The molecular formula is C35H45N3O7. The third-order valence-corrected chi connectivity index (χ3v) is 7.88. The van der Waals surface area contributed by atoms with Gasteiger partial charge in [0.2, 0.25) is 12.1 Å². The van der Waals surface area contributed by atoms with E-state index < -0.39 is 48.4 Å². The number of hydrogen-bond acceptors (Lipinski definition) is 7. The molecule has 1 aliphatic carbocycles. The van der Waals surface area contributed by atoms with Gasteiger partial charge in [-0.1, -0.05) is 92.8 Å². The van der Waals surface area contributed by atoms with E-state index in [4.69, 9.17) is 13.9 Å². The molecule has 10 nitrogen and oxygen atoms in total. The lowest BCUT2D eigenvalue weighted by Crippen LogP contribution is -2.57. The van der Waals surface area contributed by atoms with Crippen LogP contribution in [0.25, 0.3) is 0 Å². The van der Waals surface area contributed by atoms with Gasteiger partial charge in [0.05, 0.1) is 18.4 Å². The van der Waals surface area contributed by atoms with Gasteiger partial charge in [0, 0.05) is 6.42 Å². The Morgan fingerprint density at radius 1 is 0.844 bits per heavy atom. The van der Waals surface area contributed by atoms with Crippen molar-refractivity contribution in [3.8, 4) is 0 Å². The summed E-state index contributed by atoms with van der Waals surface area (Å²) in [5.74, 6) is -0.531. The van der Waals surface area contributed by atoms with Crippen molar-refractivity contribution < 1.29 is 33.4 Å². The van der Waals surface area contributed by atoms with Crippen molar-refractivity contribution >= 4 is 17.9 Å². The Bertz CT molecular complexity index is 1310. The van der Waals surface area contributed by atoms with Crippen molar-refractivity contribution in [3.63, 3.8) is 0 Å². The second-order valence-corrected chi connectivity index (χ2v) is 11.8. The van der Waals surface area contributed by atoms with Gasteiger partial charge in [-0.05, 0) is 49.4 Å². The largest absolute Gasteiger partial charge is 0.467 e. The van der Waals surface area contributed by atoms with Crippen molar-refractivity contribution in [2.75, 3.05) is 0 Å². The zero-order valence-corrected chi connectivity index (χ0v) is 26.0. The fourth-order valence-corrected chi connectivity index (χ4v) is 5.59. The number of rotatable bonds is 15. The molecule has 4 N–H and O–H groups in total. The number of aliphatic hydroxyl groups is 1. The van der Waals surface area contributed by atoms with Crippen LogP contribution in [0.4, 0.5) is 4.79 Å². The lowest BCUT2D eigenvalue weighted by molar-refractivity contribution is -0.146. The third-order valence-electron chi connectivity index (χ3n) is 7.88. The molecule has 3 aromatic rings. The Balaban J connectivity index is 1.47. The minimum atomic E-state index is -1.38. The first-order valence-corrected chi connectivity index (χ1v) is 15.8. The molecule has 3 amide bonds. The zero-order chi connectivity index (χ0) is 32.0. The van der Waals surface area contributed by atoms with Crippen LogP contribution in [-0.2, 0) is 32.1 Å². The normalized spacial score (nSPS) is 16.3. The molecule has 4 rings (SSSR count). The van der Waals surface area contributed by atoms with Crippen LogP contribution in [-0.4, -0.2) is 47.4 Å². The molecule has 242 valence electrons. The number of aliphatic hydroxyl groups excluding tert-OH is 1. The summed E-state index contributed by atoms with van der Waals surface area (Å²) in [6, 6.07) is 20.1. The average molecular weight is 620 g/mol. The van der Waals surface area contributed by atoms with E-state index >= 15 is 0 Å². The zero-order valence-electron chi connectivity index (χ0n) is 26.0. The van der Waals surface area contributed by atoms with E-state index in [0.29, 0.717) is 18.1 Å². The van der Waals surface area contributed by atoms with E-state index in [0.717, 1.165) is 36.8 Å². The maximum absolute atomic E-state index is 13.7. The number of ether oxygens (including phenoxy) is 2. The van der Waals surface area contributed by atoms with Crippen LogP contribution in [0.5, 0.6) is 0 Å². The van der Waals surface area contributed by atoms with Gasteiger partial charge in [-0.3, -0.25) is 9.59 Å². The third kappa shape index (κ3) is 11.1. The number of carbonyl (C=O) groups excluding carboxylic acids is 3. The summed E-state index contributed by atoms with van der Waals surface area (Å²) >= 11 is 0. The Hall–Kier alpha value is -4.15. The minimum absolute atomic E-state index is 0.0359. The van der Waals surface area contributed by atoms with Gasteiger partial charge in [-0.2, -0.15) is 0 Å². The molecule has 0 saturated heterocycles. The standard InChI is InChI=1S/C35H45N3O7/c1-24(2)45-34(33(41)36-28(21-25-13-6-3-7-14-25)31(39)30-19-12-20-43-30)38-32(40)29(22-26-15-8-4-9-16-26)37-35(42)44-23-27-17-10-5-11-18-27/h4-5,8-12,15-20,24-25,28-29,31,34,39H,3,6-7,13-14,21-23H2,1-2H3,(H,36,41)(H,37,42)(H,38,40)/t28?,29-,31+,34-/m0/s1. The van der Waals surface area contributed by atoms with Crippen LogP contribution in [0.15, 0.2) is 83.5 Å². The first-order chi connectivity index (χ1) is 21.8. The van der Waals surface area contributed by atoms with Crippen LogP contribution in [0.2, 0.25) is 0 Å². The maximum Gasteiger partial charge on any atom is 0.408 e. The quantitative estimate of drug-likeness (QED) is 0.172. The number of amides is 3.